The van der Waals surface area contributed by atoms with Gasteiger partial charge in [0.1, 0.15) is 4.83 Å². The van der Waals surface area contributed by atoms with Crippen LogP contribution in [-0.4, -0.2) is 52.9 Å². The van der Waals surface area contributed by atoms with Gasteiger partial charge in [0.2, 0.25) is 0 Å². The molecule has 0 aliphatic carbocycles. The van der Waals surface area contributed by atoms with Crippen molar-refractivity contribution in [3.63, 3.8) is 0 Å². The van der Waals surface area contributed by atoms with E-state index in [1.54, 1.807) is 11.1 Å². The Balaban J connectivity index is 1.42. The number of hydrogen-bond acceptors (Lipinski definition) is 5. The first-order valence-corrected chi connectivity index (χ1v) is 11.1. The lowest BCUT2D eigenvalue weighted by atomic mass is 9.95. The summed E-state index contributed by atoms with van der Waals surface area (Å²) >= 11 is 1.52. The van der Waals surface area contributed by atoms with Crippen LogP contribution in [0.4, 0.5) is 0 Å². The van der Waals surface area contributed by atoms with E-state index in [1.807, 2.05) is 32.3 Å². The van der Waals surface area contributed by atoms with Gasteiger partial charge in [-0.05, 0) is 36.7 Å². The van der Waals surface area contributed by atoms with Crippen molar-refractivity contribution in [2.24, 2.45) is 0 Å². The smallest absolute Gasteiger partial charge is 0.263 e. The van der Waals surface area contributed by atoms with Crippen LogP contribution in [0.25, 0.3) is 21.1 Å². The lowest BCUT2D eigenvalue weighted by Crippen LogP contribution is -2.23. The summed E-state index contributed by atoms with van der Waals surface area (Å²) in [5.41, 5.74) is 3.31. The van der Waals surface area contributed by atoms with Gasteiger partial charge in [-0.3, -0.25) is 14.7 Å². The van der Waals surface area contributed by atoms with Crippen LogP contribution in [0, 0.1) is 0 Å². The molecule has 152 valence electrons. The second kappa shape index (κ2) is 7.78. The number of para-hydroxylation sites is 1. The molecule has 3 aromatic heterocycles. The molecule has 1 aromatic carbocycles. The first-order chi connectivity index (χ1) is 14.6. The topological polar surface area (TPSA) is 49.3 Å². The Bertz CT molecular complexity index is 1230. The third-order valence-electron chi connectivity index (χ3n) is 5.83. The van der Waals surface area contributed by atoms with Crippen molar-refractivity contribution >= 4 is 38.4 Å². The number of rotatable bonds is 4. The third-order valence-corrected chi connectivity index (χ3v) is 6.94. The van der Waals surface area contributed by atoms with Crippen molar-refractivity contribution < 1.29 is 4.79 Å². The molecule has 4 heterocycles. The first-order valence-electron chi connectivity index (χ1n) is 10.3. The number of likely N-dealkylation sites (tertiary alicyclic amines) is 1. The highest BCUT2D eigenvalue weighted by molar-refractivity contribution is 7.20. The van der Waals surface area contributed by atoms with E-state index in [0.717, 1.165) is 52.4 Å². The molecule has 1 saturated heterocycles. The molecule has 0 radical (unpaired) electrons. The molecule has 1 unspecified atom stereocenters. The predicted octanol–water partition coefficient (Wildman–Crippen LogP) is 4.54. The predicted molar refractivity (Wildman–Crippen MR) is 122 cm³/mol. The minimum atomic E-state index is 0.0719. The van der Waals surface area contributed by atoms with Crippen LogP contribution < -0.4 is 0 Å². The molecular weight excluding hydrogens is 392 g/mol. The number of carbonyl (C=O) groups is 1. The molecule has 0 N–H and O–H groups in total. The van der Waals surface area contributed by atoms with E-state index >= 15 is 0 Å². The summed E-state index contributed by atoms with van der Waals surface area (Å²) in [5, 5.41) is 2.30. The fourth-order valence-electron chi connectivity index (χ4n) is 4.36. The van der Waals surface area contributed by atoms with E-state index in [-0.39, 0.29) is 5.91 Å². The van der Waals surface area contributed by atoms with Crippen molar-refractivity contribution in [1.29, 1.82) is 0 Å². The summed E-state index contributed by atoms with van der Waals surface area (Å²) in [5.74, 6) is 0.407. The third kappa shape index (κ3) is 3.46. The molecule has 1 amide bonds. The van der Waals surface area contributed by atoms with Crippen LogP contribution >= 0.6 is 11.3 Å². The largest absolute Gasteiger partial charge is 0.344 e. The van der Waals surface area contributed by atoms with Gasteiger partial charge in [0.05, 0.1) is 16.1 Å². The van der Waals surface area contributed by atoms with E-state index in [0.29, 0.717) is 5.92 Å². The van der Waals surface area contributed by atoms with Gasteiger partial charge in [-0.15, -0.1) is 11.3 Å². The molecule has 4 aromatic rings. The monoisotopic (exact) mass is 416 g/mol. The molecule has 0 spiro atoms. The highest BCUT2D eigenvalue weighted by Gasteiger charge is 2.31. The van der Waals surface area contributed by atoms with E-state index in [4.69, 9.17) is 4.98 Å². The number of amides is 1. The van der Waals surface area contributed by atoms with Gasteiger partial charge in [0.15, 0.2) is 0 Å². The normalized spacial score (nSPS) is 17.1. The van der Waals surface area contributed by atoms with Crippen LogP contribution in [0.2, 0.25) is 0 Å². The van der Waals surface area contributed by atoms with Crippen LogP contribution in [0.3, 0.4) is 0 Å². The number of benzene rings is 1. The number of thiophene rings is 1. The number of nitrogens with zero attached hydrogens (tertiary/aromatic N) is 4. The minimum Gasteiger partial charge on any atom is -0.344 e. The second-order valence-corrected chi connectivity index (χ2v) is 9.12. The van der Waals surface area contributed by atoms with Crippen LogP contribution in [-0.2, 0) is 6.54 Å². The van der Waals surface area contributed by atoms with E-state index < -0.39 is 0 Å². The molecule has 30 heavy (non-hydrogen) atoms. The molecule has 1 atom stereocenters. The van der Waals surface area contributed by atoms with Gasteiger partial charge in [-0.25, -0.2) is 4.98 Å². The molecule has 0 saturated carbocycles. The average Bonchev–Trinajstić information content (AvgIpc) is 3.37. The second-order valence-electron chi connectivity index (χ2n) is 8.12. The molecule has 5 nitrogen and oxygen atoms in total. The maximum Gasteiger partial charge on any atom is 0.263 e. The Kier molecular flexibility index (Phi) is 4.97. The maximum absolute atomic E-state index is 12.9. The summed E-state index contributed by atoms with van der Waals surface area (Å²) in [6.45, 7) is 2.77. The molecule has 6 heteroatoms. The highest BCUT2D eigenvalue weighted by Crippen LogP contribution is 2.40. The van der Waals surface area contributed by atoms with E-state index in [2.05, 4.69) is 40.2 Å². The Hall–Kier alpha value is -2.83. The van der Waals surface area contributed by atoms with Gasteiger partial charge < -0.3 is 4.90 Å². The summed E-state index contributed by atoms with van der Waals surface area (Å²) in [6, 6.07) is 16.6. The number of fused-ring (bicyclic) bond motifs is 2. The van der Waals surface area contributed by atoms with Crippen molar-refractivity contribution in [2.75, 3.05) is 27.2 Å². The molecule has 1 aliphatic heterocycles. The van der Waals surface area contributed by atoms with Crippen molar-refractivity contribution in [3.8, 4) is 0 Å². The Labute approximate surface area is 180 Å². The fourth-order valence-corrected chi connectivity index (χ4v) is 5.61. The molecule has 1 fully saturated rings. The van der Waals surface area contributed by atoms with Crippen molar-refractivity contribution in [3.05, 3.63) is 70.9 Å². The highest BCUT2D eigenvalue weighted by atomic mass is 32.1. The maximum atomic E-state index is 12.9. The Morgan fingerprint density at radius 1 is 1.17 bits per heavy atom. The molecular formula is C24H24N4OS. The van der Waals surface area contributed by atoms with Gasteiger partial charge in [-0.1, -0.05) is 30.3 Å². The Morgan fingerprint density at radius 3 is 2.90 bits per heavy atom. The summed E-state index contributed by atoms with van der Waals surface area (Å²) in [4.78, 5) is 28.1. The van der Waals surface area contributed by atoms with Gasteiger partial charge in [-0.2, -0.15) is 0 Å². The molecule has 0 bridgehead atoms. The van der Waals surface area contributed by atoms with Crippen LogP contribution in [0.5, 0.6) is 0 Å². The SMILES string of the molecule is CN(C)C(=O)c1sc2ncccc2c1C1CCN(Cc2ccc3ccccc3n2)C1. The minimum absolute atomic E-state index is 0.0719. The zero-order chi connectivity index (χ0) is 20.7. The van der Waals surface area contributed by atoms with Crippen LogP contribution in [0.15, 0.2) is 54.7 Å². The average molecular weight is 417 g/mol. The lowest BCUT2D eigenvalue weighted by molar-refractivity contribution is 0.0831. The standard InChI is InChI=1S/C24H24N4OS/c1-27(2)24(29)22-21(19-7-5-12-25-23(19)30-22)17-11-13-28(14-17)15-18-10-9-16-6-3-4-8-20(16)26-18/h3-10,12,17H,11,13-15H2,1-2H3. The Morgan fingerprint density at radius 2 is 2.03 bits per heavy atom. The number of hydrogen-bond donors (Lipinski definition) is 0. The summed E-state index contributed by atoms with van der Waals surface area (Å²) < 4.78 is 0. The van der Waals surface area contributed by atoms with E-state index in [1.165, 1.54) is 22.3 Å². The number of pyridine rings is 2. The zero-order valence-corrected chi connectivity index (χ0v) is 18.0. The lowest BCUT2D eigenvalue weighted by Gasteiger charge is -2.17. The quantitative estimate of drug-likeness (QED) is 0.490. The first kappa shape index (κ1) is 19.2. The van der Waals surface area contributed by atoms with Crippen LogP contribution in [0.1, 0.15) is 33.3 Å². The molecule has 5 rings (SSSR count). The van der Waals surface area contributed by atoms with Gasteiger partial charge in [0.25, 0.3) is 5.91 Å². The van der Waals surface area contributed by atoms with Crippen molar-refractivity contribution in [2.45, 2.75) is 18.9 Å². The van der Waals surface area contributed by atoms with Crippen molar-refractivity contribution in [1.82, 2.24) is 19.8 Å². The van der Waals surface area contributed by atoms with E-state index in [9.17, 15) is 4.79 Å². The summed E-state index contributed by atoms with van der Waals surface area (Å²) in [7, 11) is 3.63. The fraction of sp³-hybridized carbons (Fsp3) is 0.292. The number of carbonyl (C=O) groups excluding carboxylic acids is 1. The number of aromatic nitrogens is 2. The van der Waals surface area contributed by atoms with Gasteiger partial charge in [0, 0.05) is 50.1 Å². The zero-order valence-electron chi connectivity index (χ0n) is 17.2. The summed E-state index contributed by atoms with van der Waals surface area (Å²) in [6.07, 6.45) is 2.85. The van der Waals surface area contributed by atoms with Gasteiger partial charge >= 0.3 is 0 Å². The molecule has 1 aliphatic rings.